The zero-order chi connectivity index (χ0) is 12.9. The smallest absolute Gasteiger partial charge is 0.0594 e. The number of ether oxygens (including phenoxy) is 1. The third-order valence-corrected chi connectivity index (χ3v) is 4.28. The number of nitrogens with one attached hydrogen (secondary N) is 1. The normalized spacial score (nSPS) is 21.1. The molecule has 104 valence electrons. The summed E-state index contributed by atoms with van der Waals surface area (Å²) in [5.74, 6) is 0.910. The van der Waals surface area contributed by atoms with Crippen molar-refractivity contribution >= 4 is 5.69 Å². The predicted octanol–water partition coefficient (Wildman–Crippen LogP) is 2.73. The lowest BCUT2D eigenvalue weighted by atomic mass is 9.85. The molecule has 1 N–H and O–H groups in total. The summed E-state index contributed by atoms with van der Waals surface area (Å²) in [5.41, 5.74) is 2.66. The first-order valence-electron chi connectivity index (χ1n) is 7.53. The van der Waals surface area contributed by atoms with Crippen molar-refractivity contribution in [1.82, 2.24) is 4.90 Å². The Morgan fingerprint density at radius 1 is 1.11 bits per heavy atom. The van der Waals surface area contributed by atoms with Crippen molar-refractivity contribution in [3.63, 3.8) is 0 Å². The molecule has 0 bridgehead atoms. The van der Waals surface area contributed by atoms with Gasteiger partial charge in [0.05, 0.1) is 13.2 Å². The van der Waals surface area contributed by atoms with E-state index in [4.69, 9.17) is 4.74 Å². The van der Waals surface area contributed by atoms with Crippen LogP contribution in [0.25, 0.3) is 0 Å². The van der Waals surface area contributed by atoms with Gasteiger partial charge in [-0.2, -0.15) is 0 Å². The van der Waals surface area contributed by atoms with Gasteiger partial charge in [-0.15, -0.1) is 0 Å². The van der Waals surface area contributed by atoms with Crippen molar-refractivity contribution in [3.8, 4) is 0 Å². The highest BCUT2D eigenvalue weighted by atomic mass is 16.5. The van der Waals surface area contributed by atoms with Crippen LogP contribution in [0.1, 0.15) is 24.8 Å². The van der Waals surface area contributed by atoms with E-state index in [1.165, 1.54) is 30.5 Å². The molecule has 0 aromatic heterocycles. The summed E-state index contributed by atoms with van der Waals surface area (Å²) < 4.78 is 5.38. The van der Waals surface area contributed by atoms with Crippen molar-refractivity contribution in [2.24, 2.45) is 5.92 Å². The number of hydrogen-bond acceptors (Lipinski definition) is 3. The van der Waals surface area contributed by atoms with Crippen LogP contribution in [0.4, 0.5) is 5.69 Å². The number of benzene rings is 1. The van der Waals surface area contributed by atoms with Gasteiger partial charge in [0.25, 0.3) is 0 Å². The van der Waals surface area contributed by atoms with Gasteiger partial charge in [-0.3, -0.25) is 4.90 Å². The molecule has 1 saturated heterocycles. The Morgan fingerprint density at radius 2 is 1.84 bits per heavy atom. The molecule has 1 aliphatic carbocycles. The van der Waals surface area contributed by atoms with Gasteiger partial charge in [0, 0.05) is 31.9 Å². The first-order valence-corrected chi connectivity index (χ1v) is 7.53. The Hall–Kier alpha value is -1.06. The average molecular weight is 260 g/mol. The molecule has 1 saturated carbocycles. The third-order valence-electron chi connectivity index (χ3n) is 4.28. The molecule has 0 amide bonds. The fourth-order valence-corrected chi connectivity index (χ4v) is 2.70. The molecule has 3 nitrogen and oxygen atoms in total. The van der Waals surface area contributed by atoms with Crippen LogP contribution in [0, 0.1) is 5.92 Å². The summed E-state index contributed by atoms with van der Waals surface area (Å²) in [6, 6.07) is 8.93. The van der Waals surface area contributed by atoms with Crippen molar-refractivity contribution in [2.75, 3.05) is 38.2 Å². The molecular weight excluding hydrogens is 236 g/mol. The minimum atomic E-state index is 0.876. The van der Waals surface area contributed by atoms with Crippen LogP contribution in [0.5, 0.6) is 0 Å². The van der Waals surface area contributed by atoms with E-state index < -0.39 is 0 Å². The van der Waals surface area contributed by atoms with Gasteiger partial charge in [0.2, 0.25) is 0 Å². The maximum atomic E-state index is 5.38. The molecule has 1 aromatic carbocycles. The molecule has 3 rings (SSSR count). The van der Waals surface area contributed by atoms with Gasteiger partial charge in [0.1, 0.15) is 0 Å². The molecule has 2 aliphatic rings. The van der Waals surface area contributed by atoms with Crippen LogP contribution in [0.2, 0.25) is 0 Å². The van der Waals surface area contributed by atoms with Crippen molar-refractivity contribution in [2.45, 2.75) is 25.8 Å². The van der Waals surface area contributed by atoms with E-state index in [1.807, 2.05) is 0 Å². The van der Waals surface area contributed by atoms with Gasteiger partial charge in [-0.05, 0) is 36.5 Å². The van der Waals surface area contributed by atoms with E-state index in [-0.39, 0.29) is 0 Å². The molecule has 0 radical (unpaired) electrons. The second-order valence-electron chi connectivity index (χ2n) is 5.76. The Balaban J connectivity index is 1.47. The van der Waals surface area contributed by atoms with Gasteiger partial charge in [-0.1, -0.05) is 18.6 Å². The quantitative estimate of drug-likeness (QED) is 0.881. The highest BCUT2D eigenvalue weighted by Crippen LogP contribution is 2.26. The number of anilines is 1. The largest absolute Gasteiger partial charge is 0.385 e. The molecule has 1 aliphatic heterocycles. The lowest BCUT2D eigenvalue weighted by Crippen LogP contribution is -2.35. The number of rotatable bonds is 5. The summed E-state index contributed by atoms with van der Waals surface area (Å²) in [7, 11) is 0. The topological polar surface area (TPSA) is 24.5 Å². The molecule has 3 heteroatoms. The second kappa shape index (κ2) is 6.40. The van der Waals surface area contributed by atoms with E-state index in [9.17, 15) is 0 Å². The fraction of sp³-hybridized carbons (Fsp3) is 0.625. The van der Waals surface area contributed by atoms with E-state index in [0.29, 0.717) is 0 Å². The molecule has 2 fully saturated rings. The molecule has 1 heterocycles. The average Bonchev–Trinajstić information content (AvgIpc) is 2.40. The summed E-state index contributed by atoms with van der Waals surface area (Å²) in [6.45, 7) is 6.06. The van der Waals surface area contributed by atoms with Gasteiger partial charge < -0.3 is 10.1 Å². The second-order valence-corrected chi connectivity index (χ2v) is 5.76. The minimum absolute atomic E-state index is 0.876. The Kier molecular flexibility index (Phi) is 4.36. The first kappa shape index (κ1) is 12.9. The number of hydrogen-bond donors (Lipinski definition) is 1. The molecule has 1 aromatic rings. The van der Waals surface area contributed by atoms with Crippen LogP contribution in [0.15, 0.2) is 24.3 Å². The van der Waals surface area contributed by atoms with Gasteiger partial charge >= 0.3 is 0 Å². The zero-order valence-corrected chi connectivity index (χ0v) is 11.6. The van der Waals surface area contributed by atoms with Crippen molar-refractivity contribution in [1.29, 1.82) is 0 Å². The highest BCUT2D eigenvalue weighted by Gasteiger charge is 2.16. The summed E-state index contributed by atoms with van der Waals surface area (Å²) in [6.07, 6.45) is 4.23. The number of morpholine rings is 1. The van der Waals surface area contributed by atoms with E-state index in [0.717, 1.165) is 45.3 Å². The van der Waals surface area contributed by atoms with Crippen LogP contribution in [-0.4, -0.2) is 37.7 Å². The third kappa shape index (κ3) is 3.71. The van der Waals surface area contributed by atoms with Crippen molar-refractivity contribution < 1.29 is 4.74 Å². The maximum Gasteiger partial charge on any atom is 0.0594 e. The zero-order valence-electron chi connectivity index (χ0n) is 11.6. The van der Waals surface area contributed by atoms with Gasteiger partial charge in [0.15, 0.2) is 0 Å². The molecule has 0 unspecified atom stereocenters. The standard InChI is InChI=1S/C16H24N2O/c1-2-14(3-1)12-17-16-6-4-15(5-7-16)13-18-8-10-19-11-9-18/h4-7,14,17H,1-3,8-13H2. The van der Waals surface area contributed by atoms with E-state index in [2.05, 4.69) is 34.5 Å². The predicted molar refractivity (Wildman–Crippen MR) is 78.4 cm³/mol. The van der Waals surface area contributed by atoms with E-state index in [1.54, 1.807) is 0 Å². The molecule has 19 heavy (non-hydrogen) atoms. The van der Waals surface area contributed by atoms with Crippen LogP contribution in [0.3, 0.4) is 0 Å². The van der Waals surface area contributed by atoms with Crippen LogP contribution >= 0.6 is 0 Å². The molecule has 0 spiro atoms. The fourth-order valence-electron chi connectivity index (χ4n) is 2.70. The first-order chi connectivity index (χ1) is 9.40. The SMILES string of the molecule is c1cc(NCC2CCC2)ccc1CN1CCOCC1. The molecular formula is C16H24N2O. The van der Waals surface area contributed by atoms with Crippen LogP contribution < -0.4 is 5.32 Å². The Labute approximate surface area is 115 Å². The van der Waals surface area contributed by atoms with Gasteiger partial charge in [-0.25, -0.2) is 0 Å². The lowest BCUT2D eigenvalue weighted by Gasteiger charge is -2.27. The molecule has 0 atom stereocenters. The van der Waals surface area contributed by atoms with Crippen molar-refractivity contribution in [3.05, 3.63) is 29.8 Å². The monoisotopic (exact) mass is 260 g/mol. The Morgan fingerprint density at radius 3 is 2.47 bits per heavy atom. The number of nitrogens with zero attached hydrogens (tertiary/aromatic N) is 1. The summed E-state index contributed by atoms with van der Waals surface area (Å²) in [5, 5.41) is 3.54. The van der Waals surface area contributed by atoms with Crippen LogP contribution in [-0.2, 0) is 11.3 Å². The van der Waals surface area contributed by atoms with E-state index >= 15 is 0 Å². The highest BCUT2D eigenvalue weighted by molar-refractivity contribution is 5.44. The minimum Gasteiger partial charge on any atom is -0.385 e. The lowest BCUT2D eigenvalue weighted by molar-refractivity contribution is 0.0342. The Bertz CT molecular complexity index is 380. The summed E-state index contributed by atoms with van der Waals surface area (Å²) >= 11 is 0. The summed E-state index contributed by atoms with van der Waals surface area (Å²) in [4.78, 5) is 2.46. The maximum absolute atomic E-state index is 5.38.